The van der Waals surface area contributed by atoms with Crippen molar-refractivity contribution in [2.45, 2.75) is 45.6 Å². The number of ether oxygens (including phenoxy) is 1. The lowest BCUT2D eigenvalue weighted by atomic mass is 9.79. The Balaban J connectivity index is 1.87. The first-order valence-corrected chi connectivity index (χ1v) is 9.89. The van der Waals surface area contributed by atoms with Crippen molar-refractivity contribution in [3.8, 4) is 5.75 Å². The summed E-state index contributed by atoms with van der Waals surface area (Å²) in [6.07, 6.45) is 2.83. The lowest BCUT2D eigenvalue weighted by molar-refractivity contribution is 0.0697. The highest BCUT2D eigenvalue weighted by Gasteiger charge is 2.36. The van der Waals surface area contributed by atoms with E-state index in [2.05, 4.69) is 55.3 Å². The molecule has 0 spiro atoms. The number of aromatic carboxylic acids is 1. The number of fused-ring (bicyclic) bond motifs is 1. The lowest BCUT2D eigenvalue weighted by Crippen LogP contribution is -2.48. The number of hydrogen-bond acceptors (Lipinski definition) is 5. The highest BCUT2D eigenvalue weighted by molar-refractivity contribution is 5.88. The Kier molecular flexibility index (Phi) is 5.82. The van der Waals surface area contributed by atoms with Crippen LogP contribution in [0.2, 0.25) is 0 Å². The number of carboxylic acids is 1. The fraction of sp³-hybridized carbons (Fsp3) is 0.391. The van der Waals surface area contributed by atoms with Crippen LogP contribution in [0.4, 0.5) is 11.4 Å². The minimum atomic E-state index is -0.947. The van der Waals surface area contributed by atoms with E-state index < -0.39 is 5.97 Å². The molecule has 1 atom stereocenters. The minimum absolute atomic E-state index is 0.103. The number of rotatable bonds is 6. The van der Waals surface area contributed by atoms with Crippen molar-refractivity contribution in [2.24, 2.45) is 5.10 Å². The van der Waals surface area contributed by atoms with Gasteiger partial charge in [0, 0.05) is 29.4 Å². The molecule has 0 aromatic heterocycles. The molecule has 3 rings (SSSR count). The van der Waals surface area contributed by atoms with Gasteiger partial charge in [-0.25, -0.2) is 4.79 Å². The molecule has 0 amide bonds. The van der Waals surface area contributed by atoms with Crippen molar-refractivity contribution in [3.05, 3.63) is 53.1 Å². The zero-order valence-electron chi connectivity index (χ0n) is 17.7. The summed E-state index contributed by atoms with van der Waals surface area (Å²) in [5.74, 6) is 0.272. The van der Waals surface area contributed by atoms with Gasteiger partial charge in [0.25, 0.3) is 0 Å². The van der Waals surface area contributed by atoms with Gasteiger partial charge in [-0.2, -0.15) is 5.10 Å². The summed E-state index contributed by atoms with van der Waals surface area (Å²) >= 11 is 0. The van der Waals surface area contributed by atoms with E-state index in [0.29, 0.717) is 5.92 Å². The van der Waals surface area contributed by atoms with Gasteiger partial charge in [0.15, 0.2) is 0 Å². The Labute approximate surface area is 172 Å². The van der Waals surface area contributed by atoms with Gasteiger partial charge >= 0.3 is 5.97 Å². The molecule has 6 nitrogen and oxygen atoms in total. The van der Waals surface area contributed by atoms with Crippen LogP contribution in [0.25, 0.3) is 0 Å². The molecule has 0 radical (unpaired) electrons. The van der Waals surface area contributed by atoms with Crippen LogP contribution in [0.15, 0.2) is 41.5 Å². The fourth-order valence-electron chi connectivity index (χ4n) is 4.27. The number of nitrogens with zero attached hydrogens (tertiary/aromatic N) is 2. The Bertz CT molecular complexity index is 920. The second kappa shape index (κ2) is 8.15. The summed E-state index contributed by atoms with van der Waals surface area (Å²) in [7, 11) is 1.67. The molecule has 6 heteroatoms. The molecular weight excluding hydrogens is 366 g/mol. The van der Waals surface area contributed by atoms with Gasteiger partial charge in [-0.1, -0.05) is 6.92 Å². The molecule has 0 saturated heterocycles. The first-order chi connectivity index (χ1) is 13.8. The van der Waals surface area contributed by atoms with Crippen molar-refractivity contribution >= 4 is 23.6 Å². The maximum atomic E-state index is 10.9. The average molecular weight is 396 g/mol. The summed E-state index contributed by atoms with van der Waals surface area (Å²) in [5, 5.41) is 13.3. The quantitative estimate of drug-likeness (QED) is 0.535. The molecule has 2 N–H and O–H groups in total. The number of hydrogen-bond donors (Lipinski definition) is 2. The predicted molar refractivity (Wildman–Crippen MR) is 118 cm³/mol. The Morgan fingerprint density at radius 3 is 2.62 bits per heavy atom. The molecule has 0 bridgehead atoms. The maximum absolute atomic E-state index is 10.9. The van der Waals surface area contributed by atoms with Gasteiger partial charge in [-0.05, 0) is 69.0 Å². The normalized spacial score (nSPS) is 17.8. The van der Waals surface area contributed by atoms with Gasteiger partial charge < -0.3 is 14.7 Å². The molecule has 1 heterocycles. The number of carboxylic acid groups (broad SMARTS) is 1. The summed E-state index contributed by atoms with van der Waals surface area (Å²) in [6, 6.07) is 10.7. The molecule has 0 aliphatic carbocycles. The SMILES string of the molecule is CCN1c2cc(OC)c(/C=N/Nc3ccc(C(=O)O)cc3)cc2C(C)CC1(C)C. The van der Waals surface area contributed by atoms with Crippen LogP contribution >= 0.6 is 0 Å². The number of nitrogens with one attached hydrogen (secondary N) is 1. The summed E-state index contributed by atoms with van der Waals surface area (Å²) < 4.78 is 5.64. The summed E-state index contributed by atoms with van der Waals surface area (Å²) in [6.45, 7) is 9.97. The van der Waals surface area contributed by atoms with Crippen molar-refractivity contribution in [1.29, 1.82) is 0 Å². The molecule has 0 fully saturated rings. The molecular formula is C23H29N3O3. The van der Waals surface area contributed by atoms with Crippen LogP contribution in [0.3, 0.4) is 0 Å². The van der Waals surface area contributed by atoms with E-state index in [0.717, 1.165) is 30.0 Å². The molecule has 2 aromatic rings. The van der Waals surface area contributed by atoms with Crippen LogP contribution < -0.4 is 15.1 Å². The van der Waals surface area contributed by atoms with E-state index >= 15 is 0 Å². The van der Waals surface area contributed by atoms with Gasteiger partial charge in [0.05, 0.1) is 24.6 Å². The van der Waals surface area contributed by atoms with E-state index in [1.165, 1.54) is 11.3 Å². The summed E-state index contributed by atoms with van der Waals surface area (Å²) in [4.78, 5) is 13.4. The smallest absolute Gasteiger partial charge is 0.335 e. The monoisotopic (exact) mass is 395 g/mol. The standard InChI is InChI=1S/C23H29N3O3/c1-6-26-20-12-21(29-5)17(11-19(20)15(2)13-23(26,3)4)14-24-25-18-9-7-16(8-10-18)22(27)28/h7-12,14-15,25H,6,13H2,1-5H3,(H,27,28)/b24-14+. The molecule has 29 heavy (non-hydrogen) atoms. The van der Waals surface area contributed by atoms with Gasteiger partial charge in [-0.15, -0.1) is 0 Å². The van der Waals surface area contributed by atoms with Crippen LogP contribution in [0.5, 0.6) is 5.75 Å². The average Bonchev–Trinajstić information content (AvgIpc) is 2.68. The number of benzene rings is 2. The van der Waals surface area contributed by atoms with Crippen LogP contribution in [-0.2, 0) is 0 Å². The highest BCUT2D eigenvalue weighted by atomic mass is 16.5. The van der Waals surface area contributed by atoms with Gasteiger partial charge in [-0.3, -0.25) is 5.43 Å². The first-order valence-electron chi connectivity index (χ1n) is 9.89. The van der Waals surface area contributed by atoms with Crippen molar-refractivity contribution in [3.63, 3.8) is 0 Å². The third-order valence-corrected chi connectivity index (χ3v) is 5.58. The van der Waals surface area contributed by atoms with Gasteiger partial charge in [0.2, 0.25) is 0 Å². The number of carbonyl (C=O) groups is 1. The Morgan fingerprint density at radius 1 is 1.34 bits per heavy atom. The van der Waals surface area contributed by atoms with Crippen molar-refractivity contribution in [1.82, 2.24) is 0 Å². The van der Waals surface area contributed by atoms with Crippen LogP contribution in [-0.4, -0.2) is 36.5 Å². The number of anilines is 2. The van der Waals surface area contributed by atoms with Crippen molar-refractivity contribution < 1.29 is 14.6 Å². The van der Waals surface area contributed by atoms with Crippen LogP contribution in [0, 0.1) is 0 Å². The first kappa shape index (κ1) is 20.7. The third-order valence-electron chi connectivity index (χ3n) is 5.58. The molecule has 1 unspecified atom stereocenters. The number of methoxy groups -OCH3 is 1. The zero-order chi connectivity index (χ0) is 21.2. The van der Waals surface area contributed by atoms with Crippen molar-refractivity contribution in [2.75, 3.05) is 24.0 Å². The second-order valence-electron chi connectivity index (χ2n) is 8.07. The second-order valence-corrected chi connectivity index (χ2v) is 8.07. The van der Waals surface area contributed by atoms with E-state index in [9.17, 15) is 4.79 Å². The summed E-state index contributed by atoms with van der Waals surface area (Å²) in [5.41, 5.74) is 7.45. The molecule has 1 aliphatic heterocycles. The predicted octanol–water partition coefficient (Wildman–Crippen LogP) is 4.95. The molecule has 0 saturated carbocycles. The molecule has 1 aliphatic rings. The Morgan fingerprint density at radius 2 is 2.03 bits per heavy atom. The molecule has 2 aromatic carbocycles. The minimum Gasteiger partial charge on any atom is -0.496 e. The van der Waals surface area contributed by atoms with Crippen LogP contribution in [0.1, 0.15) is 61.5 Å². The van der Waals surface area contributed by atoms with E-state index in [1.54, 1.807) is 37.6 Å². The fourth-order valence-corrected chi connectivity index (χ4v) is 4.27. The topological polar surface area (TPSA) is 74.2 Å². The van der Waals surface area contributed by atoms with E-state index in [4.69, 9.17) is 9.84 Å². The largest absolute Gasteiger partial charge is 0.496 e. The van der Waals surface area contributed by atoms with E-state index in [-0.39, 0.29) is 11.1 Å². The highest BCUT2D eigenvalue weighted by Crippen LogP contribution is 2.45. The number of hydrazone groups is 1. The zero-order valence-corrected chi connectivity index (χ0v) is 17.7. The van der Waals surface area contributed by atoms with Gasteiger partial charge in [0.1, 0.15) is 5.75 Å². The maximum Gasteiger partial charge on any atom is 0.335 e. The van der Waals surface area contributed by atoms with E-state index in [1.807, 2.05) is 0 Å². The third kappa shape index (κ3) is 4.21. The Hall–Kier alpha value is -3.02. The molecule has 154 valence electrons. The lowest BCUT2D eigenvalue weighted by Gasteiger charge is -2.47.